The SMILES string of the molecule is Nc1ccc(NCC(=O)OCc2ccccc2)cc1. The van der Waals surface area contributed by atoms with Gasteiger partial charge in [0, 0.05) is 11.4 Å². The van der Waals surface area contributed by atoms with Crippen LogP contribution in [-0.4, -0.2) is 12.5 Å². The van der Waals surface area contributed by atoms with Crippen molar-refractivity contribution < 1.29 is 9.53 Å². The van der Waals surface area contributed by atoms with E-state index < -0.39 is 0 Å². The van der Waals surface area contributed by atoms with Crippen LogP contribution in [0.3, 0.4) is 0 Å². The van der Waals surface area contributed by atoms with Crippen molar-refractivity contribution in [1.82, 2.24) is 0 Å². The van der Waals surface area contributed by atoms with Gasteiger partial charge < -0.3 is 15.8 Å². The van der Waals surface area contributed by atoms with Crippen molar-refractivity contribution in [3.05, 3.63) is 60.2 Å². The molecule has 0 amide bonds. The first kappa shape index (κ1) is 13.0. The first-order valence-electron chi connectivity index (χ1n) is 6.03. The Balaban J connectivity index is 1.74. The second-order valence-corrected chi connectivity index (χ2v) is 4.12. The van der Waals surface area contributed by atoms with Crippen LogP contribution in [0.1, 0.15) is 5.56 Å². The fourth-order valence-corrected chi connectivity index (χ4v) is 1.56. The molecular formula is C15H16N2O2. The number of nitrogen functional groups attached to an aromatic ring is 1. The van der Waals surface area contributed by atoms with Crippen molar-refractivity contribution in [3.63, 3.8) is 0 Å². The van der Waals surface area contributed by atoms with Crippen LogP contribution in [0, 0.1) is 0 Å². The third kappa shape index (κ3) is 4.35. The van der Waals surface area contributed by atoms with E-state index in [9.17, 15) is 4.79 Å². The first-order chi connectivity index (χ1) is 9.24. The number of rotatable bonds is 5. The number of benzene rings is 2. The number of esters is 1. The van der Waals surface area contributed by atoms with Crippen LogP contribution in [0.25, 0.3) is 0 Å². The summed E-state index contributed by atoms with van der Waals surface area (Å²) in [6.45, 7) is 0.430. The predicted octanol–water partition coefficient (Wildman–Crippen LogP) is 2.42. The zero-order valence-corrected chi connectivity index (χ0v) is 10.5. The number of ether oxygens (including phenoxy) is 1. The molecule has 0 unspecified atom stereocenters. The summed E-state index contributed by atoms with van der Waals surface area (Å²) in [5.74, 6) is -0.291. The van der Waals surface area contributed by atoms with E-state index >= 15 is 0 Å². The average molecular weight is 256 g/mol. The van der Waals surface area contributed by atoms with Gasteiger partial charge in [-0.2, -0.15) is 0 Å². The maximum Gasteiger partial charge on any atom is 0.325 e. The highest BCUT2D eigenvalue weighted by Gasteiger charge is 2.03. The van der Waals surface area contributed by atoms with Gasteiger partial charge in [0.2, 0.25) is 0 Å². The lowest BCUT2D eigenvalue weighted by atomic mass is 10.2. The van der Waals surface area contributed by atoms with Crippen LogP contribution in [0.5, 0.6) is 0 Å². The maximum atomic E-state index is 11.5. The lowest BCUT2D eigenvalue weighted by Crippen LogP contribution is -2.16. The van der Waals surface area contributed by atoms with Crippen LogP contribution in [0.15, 0.2) is 54.6 Å². The summed E-state index contributed by atoms with van der Waals surface area (Å²) >= 11 is 0. The molecule has 0 bridgehead atoms. The molecule has 0 aliphatic rings. The molecule has 0 saturated heterocycles. The number of nitrogens with two attached hydrogens (primary N) is 1. The number of carbonyl (C=O) groups excluding carboxylic acids is 1. The second-order valence-electron chi connectivity index (χ2n) is 4.12. The minimum Gasteiger partial charge on any atom is -0.460 e. The number of anilines is 2. The smallest absolute Gasteiger partial charge is 0.325 e. The number of nitrogens with one attached hydrogen (secondary N) is 1. The standard InChI is InChI=1S/C15H16N2O2/c16-13-6-8-14(9-7-13)17-10-15(18)19-11-12-4-2-1-3-5-12/h1-9,17H,10-11,16H2. The van der Waals surface area contributed by atoms with E-state index in [0.717, 1.165) is 11.3 Å². The van der Waals surface area contributed by atoms with Crippen molar-refractivity contribution in [1.29, 1.82) is 0 Å². The van der Waals surface area contributed by atoms with Gasteiger partial charge in [-0.3, -0.25) is 4.79 Å². The molecule has 98 valence electrons. The van der Waals surface area contributed by atoms with E-state index in [-0.39, 0.29) is 12.5 Å². The molecule has 2 rings (SSSR count). The van der Waals surface area contributed by atoms with E-state index in [0.29, 0.717) is 12.3 Å². The molecule has 19 heavy (non-hydrogen) atoms. The monoisotopic (exact) mass is 256 g/mol. The summed E-state index contributed by atoms with van der Waals surface area (Å²) in [5, 5.41) is 2.98. The van der Waals surface area contributed by atoms with Crippen molar-refractivity contribution >= 4 is 17.3 Å². The Labute approximate surface area is 112 Å². The average Bonchev–Trinajstić information content (AvgIpc) is 2.45. The molecule has 0 aliphatic heterocycles. The first-order valence-corrected chi connectivity index (χ1v) is 6.03. The minimum absolute atomic E-state index is 0.136. The molecule has 4 heteroatoms. The molecule has 0 atom stereocenters. The molecule has 0 aliphatic carbocycles. The highest BCUT2D eigenvalue weighted by atomic mass is 16.5. The molecule has 0 fully saturated rings. The molecule has 2 aromatic carbocycles. The summed E-state index contributed by atoms with van der Waals surface area (Å²) < 4.78 is 5.15. The van der Waals surface area contributed by atoms with Crippen molar-refractivity contribution in [2.75, 3.05) is 17.6 Å². The van der Waals surface area contributed by atoms with Crippen molar-refractivity contribution in [2.24, 2.45) is 0 Å². The van der Waals surface area contributed by atoms with Gasteiger partial charge in [0.25, 0.3) is 0 Å². The van der Waals surface area contributed by atoms with Gasteiger partial charge in [-0.1, -0.05) is 30.3 Å². The number of hydrogen-bond donors (Lipinski definition) is 2. The van der Waals surface area contributed by atoms with Crippen LogP contribution in [0.4, 0.5) is 11.4 Å². The molecular weight excluding hydrogens is 240 g/mol. The Morgan fingerprint density at radius 1 is 1.05 bits per heavy atom. The van der Waals surface area contributed by atoms with Crippen LogP contribution < -0.4 is 11.1 Å². The summed E-state index contributed by atoms with van der Waals surface area (Å²) in [6, 6.07) is 16.8. The van der Waals surface area contributed by atoms with Crippen molar-refractivity contribution in [3.8, 4) is 0 Å². The Morgan fingerprint density at radius 2 is 1.74 bits per heavy atom. The Bertz CT molecular complexity index is 524. The zero-order valence-electron chi connectivity index (χ0n) is 10.5. The quantitative estimate of drug-likeness (QED) is 0.637. The zero-order chi connectivity index (χ0) is 13.5. The topological polar surface area (TPSA) is 64.3 Å². The van der Waals surface area contributed by atoms with E-state index in [4.69, 9.17) is 10.5 Å². The van der Waals surface area contributed by atoms with E-state index in [1.165, 1.54) is 0 Å². The maximum absolute atomic E-state index is 11.5. The van der Waals surface area contributed by atoms with Gasteiger partial charge >= 0.3 is 5.97 Å². The van der Waals surface area contributed by atoms with E-state index in [1.54, 1.807) is 12.1 Å². The molecule has 0 spiro atoms. The van der Waals surface area contributed by atoms with Crippen LogP contribution in [0.2, 0.25) is 0 Å². The summed E-state index contributed by atoms with van der Waals surface area (Å²) in [6.07, 6.45) is 0. The van der Waals surface area contributed by atoms with Gasteiger partial charge in [-0.15, -0.1) is 0 Å². The summed E-state index contributed by atoms with van der Waals surface area (Å²) in [7, 11) is 0. The third-order valence-electron chi connectivity index (χ3n) is 2.59. The van der Waals surface area contributed by atoms with Crippen molar-refractivity contribution in [2.45, 2.75) is 6.61 Å². The van der Waals surface area contributed by atoms with E-state index in [2.05, 4.69) is 5.32 Å². The molecule has 0 saturated carbocycles. The molecule has 0 radical (unpaired) electrons. The van der Waals surface area contributed by atoms with Crippen LogP contribution >= 0.6 is 0 Å². The highest BCUT2D eigenvalue weighted by Crippen LogP contribution is 2.10. The van der Waals surface area contributed by atoms with E-state index in [1.807, 2.05) is 42.5 Å². The molecule has 4 nitrogen and oxygen atoms in total. The second kappa shape index (κ2) is 6.44. The summed E-state index contributed by atoms with van der Waals surface area (Å²) in [5.41, 5.74) is 8.08. The molecule has 0 heterocycles. The normalized spacial score (nSPS) is 9.89. The lowest BCUT2D eigenvalue weighted by molar-refractivity contribution is -0.142. The Hall–Kier alpha value is -2.49. The molecule has 3 N–H and O–H groups in total. The van der Waals surface area contributed by atoms with Gasteiger partial charge in [0.15, 0.2) is 0 Å². The predicted molar refractivity (Wildman–Crippen MR) is 75.6 cm³/mol. The Kier molecular flexibility index (Phi) is 4.39. The minimum atomic E-state index is -0.291. The lowest BCUT2D eigenvalue weighted by Gasteiger charge is -2.07. The van der Waals surface area contributed by atoms with Gasteiger partial charge in [-0.05, 0) is 29.8 Å². The van der Waals surface area contributed by atoms with Crippen LogP contribution in [-0.2, 0) is 16.1 Å². The Morgan fingerprint density at radius 3 is 2.42 bits per heavy atom. The van der Waals surface area contributed by atoms with Gasteiger partial charge in [0.05, 0.1) is 0 Å². The highest BCUT2D eigenvalue weighted by molar-refractivity contribution is 5.75. The number of hydrogen-bond acceptors (Lipinski definition) is 4. The number of carbonyl (C=O) groups is 1. The molecule has 2 aromatic rings. The van der Waals surface area contributed by atoms with Gasteiger partial charge in [0.1, 0.15) is 13.2 Å². The van der Waals surface area contributed by atoms with Gasteiger partial charge in [-0.25, -0.2) is 0 Å². The summed E-state index contributed by atoms with van der Waals surface area (Å²) in [4.78, 5) is 11.5. The fourth-order valence-electron chi connectivity index (χ4n) is 1.56. The molecule has 0 aromatic heterocycles. The third-order valence-corrected chi connectivity index (χ3v) is 2.59. The largest absolute Gasteiger partial charge is 0.460 e. The fraction of sp³-hybridized carbons (Fsp3) is 0.133.